The van der Waals surface area contributed by atoms with Gasteiger partial charge in [-0.2, -0.15) is 16.9 Å². The van der Waals surface area contributed by atoms with Crippen LogP contribution in [0.4, 0.5) is 0 Å². The van der Waals surface area contributed by atoms with Gasteiger partial charge in [-0.3, -0.25) is 4.68 Å². The van der Waals surface area contributed by atoms with E-state index < -0.39 is 0 Å². The summed E-state index contributed by atoms with van der Waals surface area (Å²) in [4.78, 5) is 9.04. The lowest BCUT2D eigenvalue weighted by Crippen LogP contribution is -2.10. The average molecular weight is 313 g/mol. The average Bonchev–Trinajstić information content (AvgIpc) is 2.86. The van der Waals surface area contributed by atoms with Gasteiger partial charge in [-0.15, -0.1) is 11.8 Å². The highest BCUT2D eigenvalue weighted by atomic mass is 35.5. The second-order valence-corrected chi connectivity index (χ2v) is 7.12. The topological polar surface area (TPSA) is 43.6 Å². The van der Waals surface area contributed by atoms with Crippen LogP contribution in [0.15, 0.2) is 18.5 Å². The molecule has 3 heterocycles. The molecule has 3 rings (SSSR count). The predicted octanol–water partition coefficient (Wildman–Crippen LogP) is 3.05. The molecule has 0 N–H and O–H groups in total. The van der Waals surface area contributed by atoms with Crippen LogP contribution in [0.1, 0.15) is 11.1 Å². The molecule has 19 heavy (non-hydrogen) atoms. The van der Waals surface area contributed by atoms with Crippen LogP contribution in [0, 0.1) is 0 Å². The number of aryl methyl sites for hydroxylation is 1. The molecule has 2 aromatic heterocycles. The van der Waals surface area contributed by atoms with E-state index in [-0.39, 0.29) is 0 Å². The Bertz CT molecular complexity index is 581. The highest BCUT2D eigenvalue weighted by molar-refractivity contribution is 8.06. The number of rotatable bonds is 2. The maximum absolute atomic E-state index is 6.13. The van der Waals surface area contributed by atoms with Crippen molar-refractivity contribution >= 4 is 35.1 Å². The van der Waals surface area contributed by atoms with Gasteiger partial charge in [0.1, 0.15) is 11.0 Å². The first-order chi connectivity index (χ1) is 9.22. The van der Waals surface area contributed by atoms with Gasteiger partial charge in [0.25, 0.3) is 0 Å². The van der Waals surface area contributed by atoms with Crippen molar-refractivity contribution in [2.24, 2.45) is 7.05 Å². The minimum Gasteiger partial charge on any atom is -0.275 e. The van der Waals surface area contributed by atoms with Crippen molar-refractivity contribution in [1.29, 1.82) is 0 Å². The standard InChI is InChI=1S/C12H13ClN4S2/c1-17-6-8(5-14-17)9-4-11(13)16-12(15-9)10-7-18-2-3-19-10/h4-6,10H,2-3,7H2,1H3. The summed E-state index contributed by atoms with van der Waals surface area (Å²) in [5, 5.41) is 5.01. The molecule has 1 saturated heterocycles. The van der Waals surface area contributed by atoms with Gasteiger partial charge in [-0.1, -0.05) is 11.6 Å². The first-order valence-electron chi connectivity index (χ1n) is 5.95. The minimum absolute atomic E-state index is 0.341. The smallest absolute Gasteiger partial charge is 0.144 e. The summed E-state index contributed by atoms with van der Waals surface area (Å²) in [7, 11) is 1.89. The van der Waals surface area contributed by atoms with E-state index in [9.17, 15) is 0 Å². The quantitative estimate of drug-likeness (QED) is 0.797. The highest BCUT2D eigenvalue weighted by Gasteiger charge is 2.20. The Labute approximate surface area is 125 Å². The van der Waals surface area contributed by atoms with Gasteiger partial charge in [-0.25, -0.2) is 9.97 Å². The van der Waals surface area contributed by atoms with Crippen molar-refractivity contribution in [2.75, 3.05) is 17.3 Å². The van der Waals surface area contributed by atoms with Crippen LogP contribution in [0.25, 0.3) is 11.3 Å². The number of halogens is 1. The molecule has 0 amide bonds. The zero-order chi connectivity index (χ0) is 13.2. The molecule has 1 unspecified atom stereocenters. The van der Waals surface area contributed by atoms with Crippen LogP contribution in [0.2, 0.25) is 5.15 Å². The second kappa shape index (κ2) is 5.73. The van der Waals surface area contributed by atoms with Crippen molar-refractivity contribution in [2.45, 2.75) is 5.25 Å². The van der Waals surface area contributed by atoms with Crippen molar-refractivity contribution in [3.05, 3.63) is 29.4 Å². The number of nitrogens with zero attached hydrogens (tertiary/aromatic N) is 4. The van der Waals surface area contributed by atoms with Gasteiger partial charge in [0.2, 0.25) is 0 Å². The van der Waals surface area contributed by atoms with Gasteiger partial charge < -0.3 is 0 Å². The molecular formula is C12H13ClN4S2. The van der Waals surface area contributed by atoms with Crippen LogP contribution >= 0.6 is 35.1 Å². The Balaban J connectivity index is 1.95. The lowest BCUT2D eigenvalue weighted by atomic mass is 10.2. The molecule has 0 saturated carbocycles. The Morgan fingerprint density at radius 3 is 2.95 bits per heavy atom. The van der Waals surface area contributed by atoms with Crippen LogP contribution in [-0.2, 0) is 7.05 Å². The van der Waals surface area contributed by atoms with Crippen LogP contribution in [-0.4, -0.2) is 37.0 Å². The van der Waals surface area contributed by atoms with Gasteiger partial charge in [0.15, 0.2) is 0 Å². The fourth-order valence-electron chi connectivity index (χ4n) is 1.92. The highest BCUT2D eigenvalue weighted by Crippen LogP contribution is 2.36. The summed E-state index contributed by atoms with van der Waals surface area (Å²) in [5.74, 6) is 4.24. The molecule has 100 valence electrons. The van der Waals surface area contributed by atoms with E-state index in [0.717, 1.165) is 28.6 Å². The van der Waals surface area contributed by atoms with Crippen molar-refractivity contribution in [3.8, 4) is 11.3 Å². The molecule has 0 aliphatic carbocycles. The van der Waals surface area contributed by atoms with E-state index in [1.54, 1.807) is 16.9 Å². The fraction of sp³-hybridized carbons (Fsp3) is 0.417. The fourth-order valence-corrected chi connectivity index (χ4v) is 4.71. The molecule has 2 aromatic rings. The summed E-state index contributed by atoms with van der Waals surface area (Å²) < 4.78 is 1.76. The van der Waals surface area contributed by atoms with E-state index in [2.05, 4.69) is 15.1 Å². The molecule has 1 aliphatic heterocycles. The van der Waals surface area contributed by atoms with E-state index in [1.165, 1.54) is 5.75 Å². The summed E-state index contributed by atoms with van der Waals surface area (Å²) in [6.07, 6.45) is 3.73. The molecule has 1 fully saturated rings. The van der Waals surface area contributed by atoms with E-state index in [4.69, 9.17) is 11.6 Å². The Hall–Kier alpha value is -0.720. The third kappa shape index (κ3) is 3.07. The SMILES string of the molecule is Cn1cc(-c2cc(Cl)nc(C3CSCCS3)n2)cn1. The van der Waals surface area contributed by atoms with Gasteiger partial charge >= 0.3 is 0 Å². The molecule has 0 aromatic carbocycles. The van der Waals surface area contributed by atoms with Gasteiger partial charge in [0, 0.05) is 42.1 Å². The minimum atomic E-state index is 0.341. The van der Waals surface area contributed by atoms with Crippen molar-refractivity contribution in [1.82, 2.24) is 19.7 Å². The van der Waals surface area contributed by atoms with Crippen LogP contribution in [0.5, 0.6) is 0 Å². The summed E-state index contributed by atoms with van der Waals surface area (Å²) in [5.41, 5.74) is 1.82. The number of thioether (sulfide) groups is 2. The summed E-state index contributed by atoms with van der Waals surface area (Å²) >= 11 is 9.99. The molecular weight excluding hydrogens is 300 g/mol. The zero-order valence-electron chi connectivity index (χ0n) is 10.4. The molecule has 4 nitrogen and oxygen atoms in total. The summed E-state index contributed by atoms with van der Waals surface area (Å²) in [6.45, 7) is 0. The monoisotopic (exact) mass is 312 g/mol. The van der Waals surface area contributed by atoms with Crippen molar-refractivity contribution in [3.63, 3.8) is 0 Å². The maximum atomic E-state index is 6.13. The Kier molecular flexibility index (Phi) is 4.00. The molecule has 0 spiro atoms. The lowest BCUT2D eigenvalue weighted by Gasteiger charge is -2.19. The molecule has 0 radical (unpaired) electrons. The largest absolute Gasteiger partial charge is 0.275 e. The predicted molar refractivity (Wildman–Crippen MR) is 81.8 cm³/mol. The van der Waals surface area contributed by atoms with E-state index in [0.29, 0.717) is 10.4 Å². The summed E-state index contributed by atoms with van der Waals surface area (Å²) in [6, 6.07) is 1.79. The van der Waals surface area contributed by atoms with E-state index >= 15 is 0 Å². The van der Waals surface area contributed by atoms with Crippen LogP contribution < -0.4 is 0 Å². The molecule has 1 atom stereocenters. The molecule has 1 aliphatic rings. The van der Waals surface area contributed by atoms with Crippen molar-refractivity contribution < 1.29 is 0 Å². The first kappa shape index (κ1) is 13.3. The molecule has 7 heteroatoms. The third-order valence-electron chi connectivity index (χ3n) is 2.82. The Morgan fingerprint density at radius 1 is 1.37 bits per heavy atom. The maximum Gasteiger partial charge on any atom is 0.144 e. The van der Waals surface area contributed by atoms with Gasteiger partial charge in [-0.05, 0) is 0 Å². The zero-order valence-corrected chi connectivity index (χ0v) is 12.8. The van der Waals surface area contributed by atoms with Crippen LogP contribution in [0.3, 0.4) is 0 Å². The number of hydrogen-bond donors (Lipinski definition) is 0. The number of hydrogen-bond acceptors (Lipinski definition) is 5. The van der Waals surface area contributed by atoms with E-state index in [1.807, 2.05) is 36.8 Å². The van der Waals surface area contributed by atoms with Gasteiger partial charge in [0.05, 0.1) is 17.1 Å². The number of aromatic nitrogens is 4. The third-order valence-corrected chi connectivity index (χ3v) is 5.76. The second-order valence-electron chi connectivity index (χ2n) is 4.27. The molecule has 0 bridgehead atoms. The Morgan fingerprint density at radius 2 is 2.26 bits per heavy atom. The normalized spacial score (nSPS) is 19.6. The first-order valence-corrected chi connectivity index (χ1v) is 8.53. The lowest BCUT2D eigenvalue weighted by molar-refractivity contribution is 0.768.